The van der Waals surface area contributed by atoms with E-state index in [1.165, 1.54) is 28.0 Å². The zero-order valence-electron chi connectivity index (χ0n) is 13.9. The number of thiophene rings is 1. The van der Waals surface area contributed by atoms with Crippen molar-refractivity contribution in [3.63, 3.8) is 0 Å². The first kappa shape index (κ1) is 19.3. The molecule has 0 radical (unpaired) electrons. The van der Waals surface area contributed by atoms with E-state index in [4.69, 9.17) is 17.3 Å². The van der Waals surface area contributed by atoms with Gasteiger partial charge in [-0.05, 0) is 35.2 Å². The van der Waals surface area contributed by atoms with E-state index in [0.717, 1.165) is 4.88 Å². The lowest BCUT2D eigenvalue weighted by molar-refractivity contribution is -0.136. The number of nitrogens with one attached hydrogen (secondary N) is 1. The molecule has 1 fully saturated rings. The minimum atomic E-state index is -0.920. The van der Waals surface area contributed by atoms with Crippen LogP contribution in [0.5, 0.6) is 0 Å². The maximum absolute atomic E-state index is 12.5. The number of thioether (sulfide) groups is 1. The molecule has 1 saturated heterocycles. The second kappa shape index (κ2) is 8.47. The first-order chi connectivity index (χ1) is 12.9. The molecule has 1 aliphatic heterocycles. The number of carboxylic acid groups (broad SMARTS) is 1. The average Bonchev–Trinajstić information content (AvgIpc) is 3.21. The predicted molar refractivity (Wildman–Crippen MR) is 111 cm³/mol. The second-order valence-corrected chi connectivity index (χ2v) is 8.25. The van der Waals surface area contributed by atoms with Crippen LogP contribution in [0.25, 0.3) is 6.08 Å². The third-order valence-corrected chi connectivity index (χ3v) is 5.78. The summed E-state index contributed by atoms with van der Waals surface area (Å²) in [5.41, 5.74) is 1.16. The highest BCUT2D eigenvalue weighted by atomic mass is 32.2. The second-order valence-electron chi connectivity index (χ2n) is 5.60. The van der Waals surface area contributed by atoms with Crippen LogP contribution in [0.1, 0.15) is 10.4 Å². The molecule has 27 heavy (non-hydrogen) atoms. The van der Waals surface area contributed by atoms with Gasteiger partial charge in [0.25, 0.3) is 5.91 Å². The zero-order valence-corrected chi connectivity index (χ0v) is 16.3. The van der Waals surface area contributed by atoms with Gasteiger partial charge >= 0.3 is 5.97 Å². The van der Waals surface area contributed by atoms with Gasteiger partial charge in [-0.15, -0.1) is 11.3 Å². The fourth-order valence-electron chi connectivity index (χ4n) is 2.36. The van der Waals surface area contributed by atoms with Gasteiger partial charge in [-0.25, -0.2) is 0 Å². The Morgan fingerprint density at radius 3 is 2.59 bits per heavy atom. The molecule has 0 spiro atoms. The number of carbonyl (C=O) groups excluding carboxylic acids is 2. The molecule has 6 nitrogen and oxygen atoms in total. The summed E-state index contributed by atoms with van der Waals surface area (Å²) in [4.78, 5) is 38.2. The van der Waals surface area contributed by atoms with Crippen molar-refractivity contribution in [2.45, 2.75) is 6.42 Å². The van der Waals surface area contributed by atoms with E-state index in [1.807, 2.05) is 17.5 Å². The maximum Gasteiger partial charge on any atom is 0.307 e. The molecule has 0 atom stereocenters. The number of carboxylic acids is 1. The lowest BCUT2D eigenvalue weighted by Crippen LogP contribution is -2.36. The number of benzene rings is 1. The Morgan fingerprint density at radius 1 is 1.22 bits per heavy atom. The van der Waals surface area contributed by atoms with E-state index in [-0.39, 0.29) is 24.8 Å². The van der Waals surface area contributed by atoms with E-state index in [9.17, 15) is 14.4 Å². The van der Waals surface area contributed by atoms with E-state index in [1.54, 1.807) is 30.3 Å². The molecule has 3 rings (SSSR count). The van der Waals surface area contributed by atoms with E-state index in [2.05, 4.69) is 5.32 Å². The molecule has 1 aliphatic rings. The Bertz CT molecular complexity index is 921. The van der Waals surface area contributed by atoms with E-state index < -0.39 is 5.97 Å². The fourth-order valence-corrected chi connectivity index (χ4v) is 4.34. The van der Waals surface area contributed by atoms with Crippen molar-refractivity contribution in [2.75, 3.05) is 11.9 Å². The van der Waals surface area contributed by atoms with Crippen molar-refractivity contribution in [1.82, 2.24) is 4.90 Å². The van der Waals surface area contributed by atoms with Crippen LogP contribution >= 0.6 is 35.3 Å². The van der Waals surface area contributed by atoms with Crippen LogP contribution in [-0.4, -0.2) is 38.7 Å². The number of aliphatic carboxylic acids is 1. The van der Waals surface area contributed by atoms with Crippen molar-refractivity contribution in [2.24, 2.45) is 0 Å². The maximum atomic E-state index is 12.5. The van der Waals surface area contributed by atoms with Gasteiger partial charge in [-0.3, -0.25) is 19.3 Å². The van der Waals surface area contributed by atoms with Crippen molar-refractivity contribution >= 4 is 69.2 Å². The van der Waals surface area contributed by atoms with Crippen molar-refractivity contribution in [3.05, 3.63) is 57.1 Å². The Labute approximate surface area is 168 Å². The van der Waals surface area contributed by atoms with Crippen LogP contribution < -0.4 is 5.32 Å². The summed E-state index contributed by atoms with van der Waals surface area (Å²) in [7, 11) is 0. The summed E-state index contributed by atoms with van der Waals surface area (Å²) in [5.74, 6) is -1.59. The molecule has 0 bridgehead atoms. The molecule has 0 aliphatic carbocycles. The van der Waals surface area contributed by atoms with Crippen LogP contribution in [-0.2, 0) is 20.8 Å². The quantitative estimate of drug-likeness (QED) is 0.553. The van der Waals surface area contributed by atoms with Crippen molar-refractivity contribution < 1.29 is 19.5 Å². The van der Waals surface area contributed by atoms with Gasteiger partial charge in [0.05, 0.1) is 11.3 Å². The third kappa shape index (κ3) is 5.03. The number of rotatable bonds is 6. The topological polar surface area (TPSA) is 86.7 Å². The molecule has 1 aromatic carbocycles. The highest BCUT2D eigenvalue weighted by molar-refractivity contribution is 8.26. The Morgan fingerprint density at radius 2 is 1.96 bits per heavy atom. The Hall–Kier alpha value is -2.49. The van der Waals surface area contributed by atoms with Gasteiger partial charge in [-0.2, -0.15) is 0 Å². The van der Waals surface area contributed by atoms with Gasteiger partial charge in [0.15, 0.2) is 0 Å². The number of amides is 2. The number of hydrogen-bond donors (Lipinski definition) is 2. The molecule has 0 unspecified atom stereocenters. The van der Waals surface area contributed by atoms with Crippen LogP contribution in [0, 0.1) is 0 Å². The zero-order chi connectivity index (χ0) is 19.4. The predicted octanol–water partition coefficient (Wildman–Crippen LogP) is 3.22. The SMILES string of the molecule is O=C(O)Cc1ccc(NC(=O)CN2C(=O)/C(=C/c3cccs3)SC2=S)cc1. The summed E-state index contributed by atoms with van der Waals surface area (Å²) in [6.07, 6.45) is 1.68. The largest absolute Gasteiger partial charge is 0.481 e. The molecule has 2 aromatic rings. The lowest BCUT2D eigenvalue weighted by atomic mass is 10.1. The molecular formula is C18H14N2O4S3. The third-order valence-electron chi connectivity index (χ3n) is 3.58. The van der Waals surface area contributed by atoms with E-state index in [0.29, 0.717) is 20.5 Å². The molecule has 2 amide bonds. The number of carbonyl (C=O) groups is 3. The minimum Gasteiger partial charge on any atom is -0.481 e. The molecule has 2 N–H and O–H groups in total. The monoisotopic (exact) mass is 418 g/mol. The summed E-state index contributed by atoms with van der Waals surface area (Å²) >= 11 is 7.92. The summed E-state index contributed by atoms with van der Waals surface area (Å²) < 4.78 is 0.342. The molecular weight excluding hydrogens is 404 g/mol. The van der Waals surface area contributed by atoms with Crippen molar-refractivity contribution in [1.29, 1.82) is 0 Å². The first-order valence-corrected chi connectivity index (χ1v) is 9.92. The lowest BCUT2D eigenvalue weighted by Gasteiger charge is -2.14. The van der Waals surface area contributed by atoms with Gasteiger partial charge in [0, 0.05) is 10.6 Å². The fraction of sp³-hybridized carbons (Fsp3) is 0.111. The van der Waals surface area contributed by atoms with Gasteiger partial charge in [0.2, 0.25) is 5.91 Å². The van der Waals surface area contributed by atoms with Crippen molar-refractivity contribution in [3.8, 4) is 0 Å². The highest BCUT2D eigenvalue weighted by Gasteiger charge is 2.33. The molecule has 138 valence electrons. The number of anilines is 1. The summed E-state index contributed by atoms with van der Waals surface area (Å²) in [5, 5.41) is 13.4. The van der Waals surface area contributed by atoms with E-state index >= 15 is 0 Å². The summed E-state index contributed by atoms with van der Waals surface area (Å²) in [6.45, 7) is -0.177. The normalized spacial score (nSPS) is 15.4. The molecule has 0 saturated carbocycles. The number of nitrogens with zero attached hydrogens (tertiary/aromatic N) is 1. The number of hydrogen-bond acceptors (Lipinski definition) is 6. The van der Waals surface area contributed by atoms with Crippen LogP contribution in [0.4, 0.5) is 5.69 Å². The highest BCUT2D eigenvalue weighted by Crippen LogP contribution is 2.33. The van der Waals surface area contributed by atoms with Crippen LogP contribution in [0.3, 0.4) is 0 Å². The molecule has 9 heteroatoms. The smallest absolute Gasteiger partial charge is 0.307 e. The van der Waals surface area contributed by atoms with Gasteiger partial charge < -0.3 is 10.4 Å². The Kier molecular flexibility index (Phi) is 6.04. The molecule has 2 heterocycles. The summed E-state index contributed by atoms with van der Waals surface area (Å²) in [6, 6.07) is 10.3. The first-order valence-electron chi connectivity index (χ1n) is 7.82. The average molecular weight is 419 g/mol. The Balaban J connectivity index is 1.61. The minimum absolute atomic E-state index is 0.0820. The van der Waals surface area contributed by atoms with Crippen LogP contribution in [0.2, 0.25) is 0 Å². The van der Waals surface area contributed by atoms with Gasteiger partial charge in [-0.1, -0.05) is 42.2 Å². The standard InChI is InChI=1S/C18H14N2O4S3/c21-15(19-12-5-3-11(4-6-12)8-16(22)23)10-20-17(24)14(27-18(20)25)9-13-2-1-7-26-13/h1-7,9H,8,10H2,(H,19,21)(H,22,23)/b14-9-. The molecule has 1 aromatic heterocycles. The van der Waals surface area contributed by atoms with Gasteiger partial charge in [0.1, 0.15) is 10.9 Å². The van der Waals surface area contributed by atoms with Crippen LogP contribution in [0.15, 0.2) is 46.7 Å². The number of thiocarbonyl (C=S) groups is 1.